The van der Waals surface area contributed by atoms with Gasteiger partial charge in [-0.1, -0.05) is 23.7 Å². The first-order valence-electron chi connectivity index (χ1n) is 8.11. The van der Waals surface area contributed by atoms with Gasteiger partial charge in [0.2, 0.25) is 0 Å². The zero-order chi connectivity index (χ0) is 18.8. The number of para-hydroxylation sites is 1. The van der Waals surface area contributed by atoms with E-state index < -0.39 is 0 Å². The number of rotatable bonds is 5. The standard InChI is InChI=1S/C18H15ClN6O2/c1-27-16-8-13(5-6-15(16)25-10-21-23-24-25)20-9-12-7-11-3-2-4-14(19)17(11)22-18(12)26/h2-8,10,20H,9H2,1H3,(H,22,26). The van der Waals surface area contributed by atoms with Gasteiger partial charge in [-0.2, -0.15) is 4.68 Å². The lowest BCUT2D eigenvalue weighted by Crippen LogP contribution is -2.15. The van der Waals surface area contributed by atoms with Gasteiger partial charge in [-0.3, -0.25) is 4.79 Å². The third-order valence-electron chi connectivity index (χ3n) is 4.16. The molecular weight excluding hydrogens is 368 g/mol. The minimum absolute atomic E-state index is 0.180. The van der Waals surface area contributed by atoms with Gasteiger partial charge in [-0.15, -0.1) is 5.10 Å². The van der Waals surface area contributed by atoms with Crippen LogP contribution >= 0.6 is 11.6 Å². The van der Waals surface area contributed by atoms with Crippen LogP contribution in [0, 0.1) is 0 Å². The highest BCUT2D eigenvalue weighted by Gasteiger charge is 2.09. The van der Waals surface area contributed by atoms with Gasteiger partial charge in [0.1, 0.15) is 17.8 Å². The predicted octanol–water partition coefficient (Wildman–Crippen LogP) is 2.78. The van der Waals surface area contributed by atoms with Crippen molar-refractivity contribution in [1.29, 1.82) is 0 Å². The summed E-state index contributed by atoms with van der Waals surface area (Å²) >= 11 is 6.13. The van der Waals surface area contributed by atoms with E-state index in [0.29, 0.717) is 34.1 Å². The summed E-state index contributed by atoms with van der Waals surface area (Å²) in [4.78, 5) is 15.2. The number of hydrogen-bond acceptors (Lipinski definition) is 6. The molecule has 2 aromatic carbocycles. The maximum absolute atomic E-state index is 12.3. The number of halogens is 1. The van der Waals surface area contributed by atoms with Crippen molar-refractivity contribution in [3.63, 3.8) is 0 Å². The van der Waals surface area contributed by atoms with Crippen molar-refractivity contribution >= 4 is 28.2 Å². The van der Waals surface area contributed by atoms with Gasteiger partial charge in [0.25, 0.3) is 5.56 Å². The Kier molecular flexibility index (Phi) is 4.47. The Balaban J connectivity index is 1.59. The lowest BCUT2D eigenvalue weighted by molar-refractivity contribution is 0.411. The van der Waals surface area contributed by atoms with Crippen LogP contribution in [-0.2, 0) is 6.54 Å². The van der Waals surface area contributed by atoms with Crippen molar-refractivity contribution in [1.82, 2.24) is 25.2 Å². The first kappa shape index (κ1) is 17.0. The van der Waals surface area contributed by atoms with Crippen LogP contribution in [0.3, 0.4) is 0 Å². The minimum atomic E-state index is -0.180. The maximum Gasteiger partial charge on any atom is 0.253 e. The van der Waals surface area contributed by atoms with E-state index >= 15 is 0 Å². The Morgan fingerprint density at radius 1 is 1.26 bits per heavy atom. The molecule has 0 aliphatic rings. The number of ether oxygens (including phenoxy) is 1. The van der Waals surface area contributed by atoms with E-state index in [4.69, 9.17) is 16.3 Å². The third-order valence-corrected chi connectivity index (χ3v) is 4.48. The van der Waals surface area contributed by atoms with Crippen LogP contribution < -0.4 is 15.6 Å². The fraction of sp³-hybridized carbons (Fsp3) is 0.111. The average Bonchev–Trinajstić information content (AvgIpc) is 3.21. The normalized spacial score (nSPS) is 10.9. The molecule has 4 aromatic rings. The second kappa shape index (κ2) is 7.08. The van der Waals surface area contributed by atoms with Crippen LogP contribution in [0.1, 0.15) is 5.56 Å². The molecule has 0 atom stereocenters. The quantitative estimate of drug-likeness (QED) is 0.550. The monoisotopic (exact) mass is 382 g/mol. The van der Waals surface area contributed by atoms with Gasteiger partial charge < -0.3 is 15.0 Å². The van der Waals surface area contributed by atoms with Crippen molar-refractivity contribution in [3.05, 3.63) is 69.7 Å². The van der Waals surface area contributed by atoms with Gasteiger partial charge in [0.05, 0.1) is 17.6 Å². The SMILES string of the molecule is COc1cc(NCc2cc3cccc(Cl)c3[nH]c2=O)ccc1-n1cnnn1. The molecule has 4 rings (SSSR count). The molecule has 0 fully saturated rings. The van der Waals surface area contributed by atoms with Crippen LogP contribution in [0.15, 0.2) is 53.6 Å². The Morgan fingerprint density at radius 3 is 2.93 bits per heavy atom. The van der Waals surface area contributed by atoms with Crippen molar-refractivity contribution in [2.24, 2.45) is 0 Å². The predicted molar refractivity (Wildman–Crippen MR) is 103 cm³/mol. The number of nitrogens with zero attached hydrogens (tertiary/aromatic N) is 4. The zero-order valence-electron chi connectivity index (χ0n) is 14.3. The molecule has 0 aliphatic heterocycles. The van der Waals surface area contributed by atoms with Gasteiger partial charge in [-0.05, 0) is 34.7 Å². The highest BCUT2D eigenvalue weighted by atomic mass is 35.5. The molecule has 0 amide bonds. The number of methoxy groups -OCH3 is 1. The van der Waals surface area contributed by atoms with Crippen molar-refractivity contribution in [2.75, 3.05) is 12.4 Å². The lowest BCUT2D eigenvalue weighted by atomic mass is 10.1. The first-order valence-corrected chi connectivity index (χ1v) is 8.49. The van der Waals surface area contributed by atoms with Gasteiger partial charge >= 0.3 is 0 Å². The van der Waals surface area contributed by atoms with Crippen molar-refractivity contribution in [2.45, 2.75) is 6.54 Å². The van der Waals surface area contributed by atoms with Crippen molar-refractivity contribution in [3.8, 4) is 11.4 Å². The molecule has 9 heteroatoms. The molecule has 0 saturated carbocycles. The van der Waals surface area contributed by atoms with Crippen molar-refractivity contribution < 1.29 is 4.74 Å². The zero-order valence-corrected chi connectivity index (χ0v) is 15.1. The molecule has 8 nitrogen and oxygen atoms in total. The highest BCUT2D eigenvalue weighted by molar-refractivity contribution is 6.35. The van der Waals surface area contributed by atoms with E-state index in [1.807, 2.05) is 36.4 Å². The molecule has 0 bridgehead atoms. The molecule has 0 radical (unpaired) electrons. The van der Waals surface area contributed by atoms with E-state index in [9.17, 15) is 4.79 Å². The summed E-state index contributed by atoms with van der Waals surface area (Å²) in [6.45, 7) is 0.352. The van der Waals surface area contributed by atoms with E-state index in [1.165, 1.54) is 11.0 Å². The molecular formula is C18H15ClN6O2. The number of fused-ring (bicyclic) bond motifs is 1. The summed E-state index contributed by atoms with van der Waals surface area (Å²) in [7, 11) is 1.57. The fourth-order valence-corrected chi connectivity index (χ4v) is 3.05. The van der Waals surface area contributed by atoms with Crippen LogP contribution in [0.25, 0.3) is 16.6 Å². The number of nitrogens with one attached hydrogen (secondary N) is 2. The molecule has 0 spiro atoms. The van der Waals surface area contributed by atoms with Gasteiger partial charge in [0.15, 0.2) is 0 Å². The second-order valence-corrected chi connectivity index (χ2v) is 6.23. The van der Waals surface area contributed by atoms with E-state index in [0.717, 1.165) is 11.1 Å². The molecule has 136 valence electrons. The van der Waals surface area contributed by atoms with Gasteiger partial charge in [0, 0.05) is 29.2 Å². The van der Waals surface area contributed by atoms with Crippen LogP contribution in [0.5, 0.6) is 5.75 Å². The van der Waals surface area contributed by atoms with Crippen LogP contribution in [-0.4, -0.2) is 32.3 Å². The summed E-state index contributed by atoms with van der Waals surface area (Å²) in [6, 6.07) is 12.9. The Labute approximate surface area is 158 Å². The van der Waals surface area contributed by atoms with Crippen LogP contribution in [0.4, 0.5) is 5.69 Å². The summed E-state index contributed by atoms with van der Waals surface area (Å²) < 4.78 is 6.93. The Bertz CT molecular complexity index is 1160. The smallest absolute Gasteiger partial charge is 0.253 e. The molecule has 0 aliphatic carbocycles. The number of benzene rings is 2. The topological polar surface area (TPSA) is 97.7 Å². The summed E-state index contributed by atoms with van der Waals surface area (Å²) in [6.07, 6.45) is 1.49. The summed E-state index contributed by atoms with van der Waals surface area (Å²) in [5.41, 5.74) is 2.58. The van der Waals surface area contributed by atoms with E-state index in [1.54, 1.807) is 13.2 Å². The number of aromatic nitrogens is 5. The minimum Gasteiger partial charge on any atom is -0.494 e. The van der Waals surface area contributed by atoms with E-state index in [-0.39, 0.29) is 5.56 Å². The molecule has 0 unspecified atom stereocenters. The number of anilines is 1. The van der Waals surface area contributed by atoms with E-state index in [2.05, 4.69) is 25.8 Å². The summed E-state index contributed by atoms with van der Waals surface area (Å²) in [5.74, 6) is 0.603. The Morgan fingerprint density at radius 2 is 2.15 bits per heavy atom. The lowest BCUT2D eigenvalue weighted by Gasteiger charge is -2.12. The second-order valence-electron chi connectivity index (χ2n) is 5.82. The summed E-state index contributed by atoms with van der Waals surface area (Å²) in [5, 5.41) is 15.8. The number of H-pyrrole nitrogens is 1. The maximum atomic E-state index is 12.3. The molecule has 2 N–H and O–H groups in total. The number of pyridine rings is 1. The van der Waals surface area contributed by atoms with Gasteiger partial charge in [-0.25, -0.2) is 0 Å². The number of hydrogen-bond donors (Lipinski definition) is 2. The average molecular weight is 383 g/mol. The molecule has 27 heavy (non-hydrogen) atoms. The largest absolute Gasteiger partial charge is 0.494 e. The molecule has 0 saturated heterocycles. The molecule has 2 aromatic heterocycles. The fourth-order valence-electron chi connectivity index (χ4n) is 2.82. The highest BCUT2D eigenvalue weighted by Crippen LogP contribution is 2.26. The number of aromatic amines is 1. The third kappa shape index (κ3) is 3.34. The van der Waals surface area contributed by atoms with Crippen LogP contribution in [0.2, 0.25) is 5.02 Å². The first-order chi connectivity index (χ1) is 13.2. The number of tetrazole rings is 1. The Hall–Kier alpha value is -3.39. The molecule has 2 heterocycles.